The van der Waals surface area contributed by atoms with Crippen LogP contribution in [0.25, 0.3) is 0 Å². The van der Waals surface area contributed by atoms with E-state index in [2.05, 4.69) is 10.6 Å². The highest BCUT2D eigenvalue weighted by molar-refractivity contribution is 5.94. The van der Waals surface area contributed by atoms with Crippen LogP contribution in [0.3, 0.4) is 0 Å². The number of carbonyl (C=O) groups excluding carboxylic acids is 3. The molecule has 8 nitrogen and oxygen atoms in total. The fourth-order valence-electron chi connectivity index (χ4n) is 3.88. The van der Waals surface area contributed by atoms with Gasteiger partial charge in [0.25, 0.3) is 0 Å². The van der Waals surface area contributed by atoms with Crippen LogP contribution in [-0.2, 0) is 9.59 Å². The molecule has 2 fully saturated rings. The van der Waals surface area contributed by atoms with Gasteiger partial charge in [-0.2, -0.15) is 0 Å². The Kier molecular flexibility index (Phi) is 6.38. The number of piperidine rings is 1. The van der Waals surface area contributed by atoms with Crippen molar-refractivity contribution in [3.05, 3.63) is 18.2 Å². The Morgan fingerprint density at radius 1 is 1.21 bits per heavy atom. The zero-order chi connectivity index (χ0) is 20.1. The van der Waals surface area contributed by atoms with Gasteiger partial charge < -0.3 is 25.2 Å². The van der Waals surface area contributed by atoms with E-state index < -0.39 is 0 Å². The first kappa shape index (κ1) is 20.0. The smallest absolute Gasteiger partial charge is 0.321 e. The maximum absolute atomic E-state index is 12.7. The van der Waals surface area contributed by atoms with Crippen LogP contribution >= 0.6 is 0 Å². The van der Waals surface area contributed by atoms with Crippen LogP contribution < -0.4 is 15.4 Å². The number of carbonyl (C=O) groups is 3. The van der Waals surface area contributed by atoms with Gasteiger partial charge in [0, 0.05) is 45.2 Å². The zero-order valence-corrected chi connectivity index (χ0v) is 16.5. The molecule has 2 aliphatic rings. The number of benzene rings is 1. The third kappa shape index (κ3) is 4.94. The summed E-state index contributed by atoms with van der Waals surface area (Å²) in [6.07, 6.45) is 3.54. The van der Waals surface area contributed by atoms with Crippen molar-refractivity contribution in [1.29, 1.82) is 0 Å². The van der Waals surface area contributed by atoms with Gasteiger partial charge in [0.15, 0.2) is 0 Å². The molecule has 0 aliphatic carbocycles. The van der Waals surface area contributed by atoms with Crippen molar-refractivity contribution in [1.82, 2.24) is 9.80 Å². The maximum atomic E-state index is 12.7. The number of hydrogen-bond acceptors (Lipinski definition) is 4. The summed E-state index contributed by atoms with van der Waals surface area (Å²) in [4.78, 5) is 39.7. The molecular weight excluding hydrogens is 360 g/mol. The van der Waals surface area contributed by atoms with E-state index in [9.17, 15) is 14.4 Å². The van der Waals surface area contributed by atoms with E-state index in [1.807, 2.05) is 4.90 Å². The summed E-state index contributed by atoms with van der Waals surface area (Å²) >= 11 is 0. The van der Waals surface area contributed by atoms with Gasteiger partial charge in [-0.25, -0.2) is 4.79 Å². The number of nitrogens with zero attached hydrogens (tertiary/aromatic N) is 2. The average Bonchev–Trinajstić information content (AvgIpc) is 3.06. The van der Waals surface area contributed by atoms with Gasteiger partial charge in [-0.05, 0) is 43.4 Å². The molecular formula is C20H28N4O4. The number of nitrogens with one attached hydrogen (secondary N) is 2. The number of rotatable bonds is 5. The summed E-state index contributed by atoms with van der Waals surface area (Å²) < 4.78 is 5.24. The summed E-state index contributed by atoms with van der Waals surface area (Å²) in [6, 6.07) is 4.96. The molecule has 1 atom stereocenters. The molecule has 0 aromatic heterocycles. The van der Waals surface area contributed by atoms with Crippen LogP contribution in [0.5, 0.6) is 5.75 Å². The SMILES string of the molecule is COc1ccc(NC(=O)N2CCC[C@H](CN3CCCC3=O)C2)cc1NC(C)=O. The first-order valence-electron chi connectivity index (χ1n) is 9.75. The second-order valence-electron chi connectivity index (χ2n) is 7.42. The summed E-state index contributed by atoms with van der Waals surface area (Å²) in [5, 5.41) is 5.60. The van der Waals surface area contributed by atoms with Crippen molar-refractivity contribution < 1.29 is 19.1 Å². The van der Waals surface area contributed by atoms with Gasteiger partial charge in [0.2, 0.25) is 11.8 Å². The van der Waals surface area contributed by atoms with Gasteiger partial charge in [-0.1, -0.05) is 0 Å². The minimum atomic E-state index is -0.211. The summed E-state index contributed by atoms with van der Waals surface area (Å²) in [7, 11) is 1.53. The minimum Gasteiger partial charge on any atom is -0.495 e. The summed E-state index contributed by atoms with van der Waals surface area (Å²) in [6.45, 7) is 4.33. The number of ether oxygens (including phenoxy) is 1. The van der Waals surface area contributed by atoms with E-state index >= 15 is 0 Å². The van der Waals surface area contributed by atoms with Gasteiger partial charge in [-0.3, -0.25) is 9.59 Å². The predicted octanol–water partition coefficient (Wildman–Crippen LogP) is 2.52. The lowest BCUT2D eigenvalue weighted by molar-refractivity contribution is -0.128. The van der Waals surface area contributed by atoms with Crippen LogP contribution in [0.1, 0.15) is 32.6 Å². The zero-order valence-electron chi connectivity index (χ0n) is 16.5. The largest absolute Gasteiger partial charge is 0.495 e. The lowest BCUT2D eigenvalue weighted by atomic mass is 9.97. The van der Waals surface area contributed by atoms with Crippen molar-refractivity contribution in [2.75, 3.05) is 43.9 Å². The van der Waals surface area contributed by atoms with E-state index in [0.29, 0.717) is 42.6 Å². The predicted molar refractivity (Wildman–Crippen MR) is 106 cm³/mol. The Bertz CT molecular complexity index is 752. The normalized spacial score (nSPS) is 19.5. The van der Waals surface area contributed by atoms with E-state index in [1.165, 1.54) is 14.0 Å². The number of anilines is 2. The number of methoxy groups -OCH3 is 1. The summed E-state index contributed by atoms with van der Waals surface area (Å²) in [5.74, 6) is 0.858. The van der Waals surface area contributed by atoms with Crippen LogP contribution in [0.2, 0.25) is 0 Å². The van der Waals surface area contributed by atoms with Crippen molar-refractivity contribution >= 4 is 29.2 Å². The number of hydrogen-bond donors (Lipinski definition) is 2. The molecule has 0 saturated carbocycles. The molecule has 3 rings (SSSR count). The van der Waals surface area contributed by atoms with Crippen molar-refractivity contribution in [3.63, 3.8) is 0 Å². The molecule has 0 unspecified atom stereocenters. The van der Waals surface area contributed by atoms with Crippen LogP contribution in [-0.4, -0.2) is 60.9 Å². The maximum Gasteiger partial charge on any atom is 0.321 e. The third-order valence-electron chi connectivity index (χ3n) is 5.22. The van der Waals surface area contributed by atoms with Crippen LogP contribution in [0.15, 0.2) is 18.2 Å². The second kappa shape index (κ2) is 8.95. The van der Waals surface area contributed by atoms with Gasteiger partial charge in [-0.15, -0.1) is 0 Å². The molecule has 0 spiro atoms. The van der Waals surface area contributed by atoms with E-state index in [0.717, 1.165) is 32.4 Å². The fraction of sp³-hybridized carbons (Fsp3) is 0.550. The van der Waals surface area contributed by atoms with Gasteiger partial charge >= 0.3 is 6.03 Å². The monoisotopic (exact) mass is 388 g/mol. The Labute approximate surface area is 165 Å². The quantitative estimate of drug-likeness (QED) is 0.811. The molecule has 0 bridgehead atoms. The number of urea groups is 1. The highest BCUT2D eigenvalue weighted by Gasteiger charge is 2.28. The van der Waals surface area contributed by atoms with Crippen LogP contribution in [0, 0.1) is 5.92 Å². The third-order valence-corrected chi connectivity index (χ3v) is 5.22. The molecule has 28 heavy (non-hydrogen) atoms. The number of likely N-dealkylation sites (tertiary alicyclic amines) is 2. The molecule has 2 aliphatic heterocycles. The van der Waals surface area contributed by atoms with Crippen molar-refractivity contribution in [3.8, 4) is 5.75 Å². The average molecular weight is 388 g/mol. The number of amides is 4. The molecule has 0 radical (unpaired) electrons. The molecule has 1 aromatic carbocycles. The molecule has 8 heteroatoms. The Morgan fingerprint density at radius 2 is 2.04 bits per heavy atom. The second-order valence-corrected chi connectivity index (χ2v) is 7.42. The Balaban J connectivity index is 1.60. The van der Waals surface area contributed by atoms with E-state index in [4.69, 9.17) is 4.74 Å². The topological polar surface area (TPSA) is 91.0 Å². The van der Waals surface area contributed by atoms with E-state index in [1.54, 1.807) is 23.1 Å². The standard InChI is InChI=1S/C20H28N4O4/c1-14(25)21-17-11-16(7-8-18(17)28-2)22-20(27)24-10-3-5-15(13-24)12-23-9-4-6-19(23)26/h7-8,11,15H,3-6,9-10,12-13H2,1-2H3,(H,21,25)(H,22,27)/t15-/m1/s1. The molecule has 1 aromatic rings. The highest BCUT2D eigenvalue weighted by Crippen LogP contribution is 2.28. The molecule has 2 N–H and O–H groups in total. The molecule has 2 saturated heterocycles. The van der Waals surface area contributed by atoms with E-state index in [-0.39, 0.29) is 17.8 Å². The van der Waals surface area contributed by atoms with Crippen molar-refractivity contribution in [2.24, 2.45) is 5.92 Å². The Morgan fingerprint density at radius 3 is 2.71 bits per heavy atom. The Hall–Kier alpha value is -2.77. The molecule has 152 valence electrons. The molecule has 2 heterocycles. The first-order chi connectivity index (χ1) is 13.5. The lowest BCUT2D eigenvalue weighted by Crippen LogP contribution is -2.45. The molecule has 4 amide bonds. The van der Waals surface area contributed by atoms with Crippen LogP contribution in [0.4, 0.5) is 16.2 Å². The van der Waals surface area contributed by atoms with Crippen molar-refractivity contribution in [2.45, 2.75) is 32.6 Å². The van der Waals surface area contributed by atoms with Gasteiger partial charge in [0.05, 0.1) is 12.8 Å². The highest BCUT2D eigenvalue weighted by atomic mass is 16.5. The van der Waals surface area contributed by atoms with Gasteiger partial charge in [0.1, 0.15) is 5.75 Å². The lowest BCUT2D eigenvalue weighted by Gasteiger charge is -2.34. The minimum absolute atomic E-state index is 0.170. The first-order valence-corrected chi connectivity index (χ1v) is 9.75. The summed E-state index contributed by atoms with van der Waals surface area (Å²) in [5.41, 5.74) is 1.10. The fourth-order valence-corrected chi connectivity index (χ4v) is 3.88.